The van der Waals surface area contributed by atoms with Crippen molar-refractivity contribution in [2.75, 3.05) is 5.73 Å². The van der Waals surface area contributed by atoms with E-state index in [1.54, 1.807) is 11.3 Å². The quantitative estimate of drug-likeness (QED) is 0.346. The van der Waals surface area contributed by atoms with E-state index in [-0.39, 0.29) is 0 Å². The van der Waals surface area contributed by atoms with Gasteiger partial charge in [0, 0.05) is 17.0 Å². The Bertz CT molecular complexity index is 910. The maximum absolute atomic E-state index is 5.81. The first-order valence-electron chi connectivity index (χ1n) is 9.46. The minimum atomic E-state index is 0.729. The van der Waals surface area contributed by atoms with Crippen molar-refractivity contribution in [3.05, 3.63) is 94.7 Å². The molecule has 3 heteroatoms. The Morgan fingerprint density at radius 3 is 1.69 bits per heavy atom. The topological polar surface area (TPSA) is 38.4 Å². The van der Waals surface area contributed by atoms with Crippen molar-refractivity contribution < 1.29 is 0 Å². The highest BCUT2D eigenvalue weighted by Crippen LogP contribution is 2.26. The Morgan fingerprint density at radius 2 is 1.28 bits per heavy atom. The fraction of sp³-hybridized carbons (Fsp3) is 0.192. The van der Waals surface area contributed by atoms with Crippen molar-refractivity contribution in [1.29, 1.82) is 0 Å². The van der Waals surface area contributed by atoms with E-state index in [9.17, 15) is 0 Å². The van der Waals surface area contributed by atoms with Gasteiger partial charge in [0.05, 0.1) is 11.4 Å². The Labute approximate surface area is 180 Å². The van der Waals surface area contributed by atoms with Gasteiger partial charge in [0.25, 0.3) is 0 Å². The van der Waals surface area contributed by atoms with Crippen LogP contribution in [-0.2, 0) is 0 Å². The third-order valence-corrected chi connectivity index (χ3v) is 4.07. The molecule has 0 bridgehead atoms. The molecule has 0 saturated heterocycles. The zero-order chi connectivity index (χ0) is 21.8. The smallest absolute Gasteiger partial charge is 0.0966 e. The van der Waals surface area contributed by atoms with Gasteiger partial charge in [0.15, 0.2) is 0 Å². The van der Waals surface area contributed by atoms with Crippen LogP contribution in [0.15, 0.2) is 88.6 Å². The lowest BCUT2D eigenvalue weighted by Crippen LogP contribution is -1.84. The van der Waals surface area contributed by atoms with E-state index < -0.39 is 0 Å². The fourth-order valence-corrected chi connectivity index (χ4v) is 2.72. The van der Waals surface area contributed by atoms with Gasteiger partial charge < -0.3 is 5.73 Å². The van der Waals surface area contributed by atoms with Crippen molar-refractivity contribution >= 4 is 28.9 Å². The Balaban J connectivity index is 0.000000452. The van der Waals surface area contributed by atoms with Crippen LogP contribution in [0, 0.1) is 6.92 Å². The van der Waals surface area contributed by atoms with Crippen LogP contribution >= 0.6 is 11.3 Å². The fourth-order valence-electron chi connectivity index (χ4n) is 2.06. The molecule has 29 heavy (non-hydrogen) atoms. The molecule has 3 rings (SSSR count). The zero-order valence-corrected chi connectivity index (χ0v) is 19.0. The van der Waals surface area contributed by atoms with Gasteiger partial charge in [-0.2, -0.15) is 0 Å². The van der Waals surface area contributed by atoms with Crippen LogP contribution in [0.3, 0.4) is 0 Å². The molecule has 0 spiro atoms. The summed E-state index contributed by atoms with van der Waals surface area (Å²) in [4.78, 5) is 4.41. The Hall–Kier alpha value is -2.91. The number of anilines is 1. The number of hydrogen-bond donors (Lipinski definition) is 1. The summed E-state index contributed by atoms with van der Waals surface area (Å²) in [5.41, 5.74) is 14.5. The minimum absolute atomic E-state index is 0.729. The zero-order valence-electron chi connectivity index (χ0n) is 18.2. The lowest BCUT2D eigenvalue weighted by Gasteiger charge is -2.02. The molecule has 1 heterocycles. The number of rotatable bonds is 3. The summed E-state index contributed by atoms with van der Waals surface area (Å²) in [7, 11) is 0. The van der Waals surface area contributed by atoms with Gasteiger partial charge in [-0.3, -0.25) is 4.99 Å². The highest BCUT2D eigenvalue weighted by atomic mass is 32.1. The van der Waals surface area contributed by atoms with E-state index in [0.717, 1.165) is 16.9 Å². The summed E-state index contributed by atoms with van der Waals surface area (Å²) in [6.07, 6.45) is 1.84. The summed E-state index contributed by atoms with van der Waals surface area (Å²) >= 11 is 1.56. The van der Waals surface area contributed by atoms with Gasteiger partial charge in [-0.1, -0.05) is 65.2 Å². The lowest BCUT2D eigenvalue weighted by molar-refractivity contribution is 1.42. The summed E-state index contributed by atoms with van der Waals surface area (Å²) < 4.78 is 0. The van der Waals surface area contributed by atoms with Gasteiger partial charge in [-0.25, -0.2) is 0 Å². The molecule has 3 aromatic rings. The summed E-state index contributed by atoms with van der Waals surface area (Å²) in [6, 6.07) is 16.9. The molecule has 0 saturated carbocycles. The third-order valence-electron chi connectivity index (χ3n) is 3.32. The van der Waals surface area contributed by atoms with E-state index in [4.69, 9.17) is 5.73 Å². The average molecular weight is 405 g/mol. The molecule has 0 aliphatic heterocycles. The molecule has 0 atom stereocenters. The van der Waals surface area contributed by atoms with Crippen molar-refractivity contribution in [3.8, 4) is 11.1 Å². The predicted octanol–water partition coefficient (Wildman–Crippen LogP) is 8.22. The largest absolute Gasteiger partial charge is 0.396 e. The molecule has 0 aliphatic carbocycles. The molecule has 2 N–H and O–H groups in total. The van der Waals surface area contributed by atoms with Crippen molar-refractivity contribution in [2.45, 2.75) is 34.6 Å². The van der Waals surface area contributed by atoms with E-state index in [1.165, 1.54) is 27.8 Å². The number of thiophene rings is 1. The van der Waals surface area contributed by atoms with Crippen LogP contribution in [0.1, 0.15) is 38.8 Å². The monoisotopic (exact) mass is 404 g/mol. The first-order chi connectivity index (χ1) is 13.7. The van der Waals surface area contributed by atoms with Crippen molar-refractivity contribution in [3.63, 3.8) is 0 Å². The second kappa shape index (κ2) is 12.5. The molecular weight excluding hydrogens is 372 g/mol. The van der Waals surface area contributed by atoms with Gasteiger partial charge in [0.2, 0.25) is 0 Å². The highest BCUT2D eigenvalue weighted by Gasteiger charge is 1.98. The number of hydrogen-bond acceptors (Lipinski definition) is 3. The van der Waals surface area contributed by atoms with E-state index >= 15 is 0 Å². The lowest BCUT2D eigenvalue weighted by atomic mass is 10.0. The molecule has 1 aromatic heterocycles. The van der Waals surface area contributed by atoms with Gasteiger partial charge in [-0.15, -0.1) is 24.5 Å². The Kier molecular flexibility index (Phi) is 10.4. The van der Waals surface area contributed by atoms with Crippen molar-refractivity contribution in [1.82, 2.24) is 0 Å². The number of nitrogen functional groups attached to an aromatic ring is 1. The molecule has 0 aliphatic rings. The summed E-state index contributed by atoms with van der Waals surface area (Å²) in [5.74, 6) is 0. The molecular formula is C26H32N2S. The SMILES string of the molecule is C=C(C)C.C=C(C)C.Cc1ccc(-c2ccc(C=Nc3cscc3N)cc2)cc1. The number of nitrogens with zero attached hydrogens (tertiary/aromatic N) is 1. The molecule has 152 valence electrons. The van der Waals surface area contributed by atoms with Crippen LogP contribution in [0.25, 0.3) is 11.1 Å². The second-order valence-electron chi connectivity index (χ2n) is 7.37. The first-order valence-corrected chi connectivity index (χ1v) is 10.4. The predicted molar refractivity (Wildman–Crippen MR) is 134 cm³/mol. The van der Waals surface area contributed by atoms with Gasteiger partial charge in [0.1, 0.15) is 0 Å². The van der Waals surface area contributed by atoms with E-state index in [0.29, 0.717) is 0 Å². The Morgan fingerprint density at radius 1 is 0.828 bits per heavy atom. The number of allylic oxidation sites excluding steroid dienone is 2. The van der Waals surface area contributed by atoms with Crippen LogP contribution in [-0.4, -0.2) is 6.21 Å². The highest BCUT2D eigenvalue weighted by molar-refractivity contribution is 7.08. The van der Waals surface area contributed by atoms with Gasteiger partial charge in [-0.05, 0) is 51.3 Å². The number of nitrogens with two attached hydrogens (primary N) is 1. The molecule has 0 fully saturated rings. The van der Waals surface area contributed by atoms with Crippen molar-refractivity contribution in [2.24, 2.45) is 4.99 Å². The normalized spacial score (nSPS) is 9.83. The maximum Gasteiger partial charge on any atom is 0.0966 e. The maximum atomic E-state index is 5.81. The van der Waals surface area contributed by atoms with Crippen LogP contribution < -0.4 is 5.73 Å². The summed E-state index contributed by atoms with van der Waals surface area (Å²) in [5, 5.41) is 3.85. The molecule has 0 amide bonds. The number of aliphatic imine (C=N–C) groups is 1. The first kappa shape index (κ1) is 24.1. The minimum Gasteiger partial charge on any atom is -0.396 e. The molecule has 0 unspecified atom stereocenters. The standard InChI is InChI=1S/C18H16N2S.2C4H8/c1-13-2-6-15(7-3-13)16-8-4-14(5-9-16)10-20-18-12-21-11-17(18)19;2*1-4(2)3/h2-12H,19H2,1H3;2*1H2,2-3H3. The number of benzene rings is 2. The van der Waals surface area contributed by atoms with Crippen LogP contribution in [0.5, 0.6) is 0 Å². The molecule has 2 nitrogen and oxygen atoms in total. The van der Waals surface area contributed by atoms with E-state index in [1.807, 2.05) is 44.7 Å². The molecule has 2 aromatic carbocycles. The average Bonchev–Trinajstić information content (AvgIpc) is 3.05. The number of aryl methyl sites for hydroxylation is 1. The van der Waals surface area contributed by atoms with Gasteiger partial charge >= 0.3 is 0 Å². The van der Waals surface area contributed by atoms with Crippen LogP contribution in [0.2, 0.25) is 0 Å². The second-order valence-corrected chi connectivity index (χ2v) is 8.12. The third kappa shape index (κ3) is 10.3. The van der Waals surface area contributed by atoms with Crippen LogP contribution in [0.4, 0.5) is 11.4 Å². The summed E-state index contributed by atoms with van der Waals surface area (Å²) in [6.45, 7) is 17.1. The molecule has 0 radical (unpaired) electrons. The van der Waals surface area contributed by atoms with E-state index in [2.05, 4.69) is 73.6 Å².